The highest BCUT2D eigenvalue weighted by atomic mass is 127. The predicted molar refractivity (Wildman–Crippen MR) is 90.0 cm³/mol. The molecule has 5 heteroatoms. The Labute approximate surface area is 135 Å². The number of anilines is 1. The molecule has 0 unspecified atom stereocenters. The molecular formula is C15H24IN3O. The van der Waals surface area contributed by atoms with Gasteiger partial charge in [-0.2, -0.15) is 0 Å². The van der Waals surface area contributed by atoms with Gasteiger partial charge in [-0.1, -0.05) is 13.8 Å². The standard InChI is InChI=1S/C15H24IN3O/c1-5-11-12(16)13(17-3)19-14(18-11)15(20-4)8-6-10(2)7-9-15/h10H,5-9H2,1-4H3,(H,17,18,19). The molecule has 1 heterocycles. The first-order valence-electron chi connectivity index (χ1n) is 7.36. The molecule has 1 N–H and O–H groups in total. The van der Waals surface area contributed by atoms with Crippen LogP contribution in [0.4, 0.5) is 5.82 Å². The van der Waals surface area contributed by atoms with E-state index in [4.69, 9.17) is 14.7 Å². The van der Waals surface area contributed by atoms with Gasteiger partial charge in [0.25, 0.3) is 0 Å². The Balaban J connectivity index is 2.44. The minimum absolute atomic E-state index is 0.299. The molecule has 0 bridgehead atoms. The quantitative estimate of drug-likeness (QED) is 0.798. The molecule has 1 aromatic heterocycles. The predicted octanol–water partition coefficient (Wildman–Crippen LogP) is 3.74. The molecule has 1 aliphatic carbocycles. The Hall–Kier alpha value is -0.430. The van der Waals surface area contributed by atoms with Crippen LogP contribution in [0.2, 0.25) is 0 Å². The third kappa shape index (κ3) is 2.93. The molecule has 0 aliphatic heterocycles. The lowest BCUT2D eigenvalue weighted by atomic mass is 9.79. The van der Waals surface area contributed by atoms with E-state index < -0.39 is 0 Å². The molecule has 0 amide bonds. The van der Waals surface area contributed by atoms with Gasteiger partial charge in [0.15, 0.2) is 5.82 Å². The van der Waals surface area contributed by atoms with E-state index in [9.17, 15) is 0 Å². The number of nitrogens with zero attached hydrogens (tertiary/aromatic N) is 2. The zero-order valence-electron chi connectivity index (χ0n) is 12.8. The van der Waals surface area contributed by atoms with Crippen molar-refractivity contribution < 1.29 is 4.74 Å². The fourth-order valence-corrected chi connectivity index (χ4v) is 3.74. The Kier molecular flexibility index (Phi) is 5.23. The van der Waals surface area contributed by atoms with E-state index in [0.717, 1.165) is 46.1 Å². The van der Waals surface area contributed by atoms with Crippen molar-refractivity contribution in [3.05, 3.63) is 15.1 Å². The van der Waals surface area contributed by atoms with E-state index in [1.165, 1.54) is 12.8 Å². The average Bonchev–Trinajstić information content (AvgIpc) is 2.49. The summed E-state index contributed by atoms with van der Waals surface area (Å²) < 4.78 is 7.01. The second kappa shape index (κ2) is 6.56. The maximum atomic E-state index is 5.90. The SMILES string of the molecule is CCc1nc(C2(OC)CCC(C)CC2)nc(NC)c1I. The number of ether oxygens (including phenoxy) is 1. The molecule has 4 nitrogen and oxygen atoms in total. The minimum Gasteiger partial charge on any atom is -0.372 e. The van der Waals surface area contributed by atoms with Gasteiger partial charge in [-0.25, -0.2) is 9.97 Å². The molecule has 0 radical (unpaired) electrons. The van der Waals surface area contributed by atoms with Crippen LogP contribution >= 0.6 is 22.6 Å². The van der Waals surface area contributed by atoms with Crippen molar-refractivity contribution >= 4 is 28.4 Å². The summed E-state index contributed by atoms with van der Waals surface area (Å²) >= 11 is 2.32. The van der Waals surface area contributed by atoms with Gasteiger partial charge < -0.3 is 10.1 Å². The Morgan fingerprint density at radius 2 is 2.00 bits per heavy atom. The third-order valence-electron chi connectivity index (χ3n) is 4.37. The summed E-state index contributed by atoms with van der Waals surface area (Å²) in [6.07, 6.45) is 5.30. The number of hydrogen-bond acceptors (Lipinski definition) is 4. The van der Waals surface area contributed by atoms with Crippen molar-refractivity contribution in [2.75, 3.05) is 19.5 Å². The van der Waals surface area contributed by atoms with Crippen LogP contribution in [-0.2, 0) is 16.8 Å². The van der Waals surface area contributed by atoms with E-state index in [2.05, 4.69) is 41.8 Å². The van der Waals surface area contributed by atoms with Gasteiger partial charge in [-0.05, 0) is 60.6 Å². The first-order chi connectivity index (χ1) is 9.56. The van der Waals surface area contributed by atoms with E-state index in [0.29, 0.717) is 0 Å². The maximum Gasteiger partial charge on any atom is 0.162 e. The number of hydrogen-bond donors (Lipinski definition) is 1. The molecule has 1 aliphatic rings. The van der Waals surface area contributed by atoms with Gasteiger partial charge in [0.2, 0.25) is 0 Å². The minimum atomic E-state index is -0.299. The molecule has 1 saturated carbocycles. The summed E-state index contributed by atoms with van der Waals surface area (Å²) in [4.78, 5) is 9.54. The largest absolute Gasteiger partial charge is 0.372 e. The summed E-state index contributed by atoms with van der Waals surface area (Å²) in [5.41, 5.74) is 0.807. The molecule has 0 aromatic carbocycles. The molecule has 0 atom stereocenters. The van der Waals surface area contributed by atoms with Crippen molar-refractivity contribution in [3.8, 4) is 0 Å². The van der Waals surface area contributed by atoms with Crippen LogP contribution < -0.4 is 5.32 Å². The van der Waals surface area contributed by atoms with E-state index in [-0.39, 0.29) is 5.60 Å². The van der Waals surface area contributed by atoms with Crippen LogP contribution in [0.25, 0.3) is 0 Å². The maximum absolute atomic E-state index is 5.90. The van der Waals surface area contributed by atoms with Crippen molar-refractivity contribution in [1.29, 1.82) is 0 Å². The molecule has 1 aromatic rings. The third-order valence-corrected chi connectivity index (χ3v) is 5.51. The lowest BCUT2D eigenvalue weighted by molar-refractivity contribution is -0.0598. The van der Waals surface area contributed by atoms with Crippen LogP contribution in [0.3, 0.4) is 0 Å². The van der Waals surface area contributed by atoms with Gasteiger partial charge in [0, 0.05) is 14.2 Å². The van der Waals surface area contributed by atoms with Crippen LogP contribution in [0, 0.1) is 9.49 Å². The summed E-state index contributed by atoms with van der Waals surface area (Å²) in [6, 6.07) is 0. The smallest absolute Gasteiger partial charge is 0.162 e. The number of aryl methyl sites for hydroxylation is 1. The number of rotatable bonds is 4. The highest BCUT2D eigenvalue weighted by molar-refractivity contribution is 14.1. The highest BCUT2D eigenvalue weighted by Gasteiger charge is 2.39. The molecule has 1 fully saturated rings. The molecule has 0 saturated heterocycles. The van der Waals surface area contributed by atoms with Crippen LogP contribution in [0.15, 0.2) is 0 Å². The lowest BCUT2D eigenvalue weighted by Crippen LogP contribution is -2.35. The molecular weight excluding hydrogens is 365 g/mol. The van der Waals surface area contributed by atoms with Crippen molar-refractivity contribution in [3.63, 3.8) is 0 Å². The molecule has 112 valence electrons. The summed E-state index contributed by atoms with van der Waals surface area (Å²) in [5.74, 6) is 2.55. The van der Waals surface area contributed by atoms with Gasteiger partial charge >= 0.3 is 0 Å². The number of methoxy groups -OCH3 is 1. The van der Waals surface area contributed by atoms with Crippen molar-refractivity contribution in [2.45, 2.75) is 51.6 Å². The Morgan fingerprint density at radius 1 is 1.35 bits per heavy atom. The molecule has 20 heavy (non-hydrogen) atoms. The van der Waals surface area contributed by atoms with Crippen LogP contribution in [0.5, 0.6) is 0 Å². The fourth-order valence-electron chi connectivity index (χ4n) is 2.84. The summed E-state index contributed by atoms with van der Waals surface area (Å²) in [7, 11) is 3.71. The summed E-state index contributed by atoms with van der Waals surface area (Å²) in [5, 5.41) is 3.19. The van der Waals surface area contributed by atoms with Gasteiger partial charge in [0.05, 0.1) is 9.26 Å². The van der Waals surface area contributed by atoms with E-state index >= 15 is 0 Å². The Morgan fingerprint density at radius 3 is 2.50 bits per heavy atom. The normalized spacial score (nSPS) is 26.6. The van der Waals surface area contributed by atoms with Gasteiger partial charge in [0.1, 0.15) is 11.4 Å². The Bertz CT molecular complexity index is 445. The highest BCUT2D eigenvalue weighted by Crippen LogP contribution is 2.41. The average molecular weight is 389 g/mol. The monoisotopic (exact) mass is 389 g/mol. The van der Waals surface area contributed by atoms with E-state index in [1.54, 1.807) is 7.11 Å². The van der Waals surface area contributed by atoms with Crippen LogP contribution in [-0.4, -0.2) is 24.1 Å². The first-order valence-corrected chi connectivity index (χ1v) is 8.44. The van der Waals surface area contributed by atoms with Crippen LogP contribution in [0.1, 0.15) is 51.0 Å². The first kappa shape index (κ1) is 15.9. The van der Waals surface area contributed by atoms with E-state index in [1.807, 2.05) is 7.05 Å². The number of nitrogens with one attached hydrogen (secondary N) is 1. The zero-order valence-corrected chi connectivity index (χ0v) is 15.0. The fraction of sp³-hybridized carbons (Fsp3) is 0.733. The van der Waals surface area contributed by atoms with Crippen molar-refractivity contribution in [2.24, 2.45) is 5.92 Å². The number of halogens is 1. The summed E-state index contributed by atoms with van der Waals surface area (Å²) in [6.45, 7) is 4.45. The van der Waals surface area contributed by atoms with Crippen molar-refractivity contribution in [1.82, 2.24) is 9.97 Å². The number of aromatic nitrogens is 2. The van der Waals surface area contributed by atoms with Gasteiger partial charge in [-0.15, -0.1) is 0 Å². The second-order valence-electron chi connectivity index (χ2n) is 5.64. The molecule has 0 spiro atoms. The lowest BCUT2D eigenvalue weighted by Gasteiger charge is -2.37. The molecule has 2 rings (SSSR count). The van der Waals surface area contributed by atoms with Gasteiger partial charge in [-0.3, -0.25) is 0 Å². The second-order valence-corrected chi connectivity index (χ2v) is 6.72. The zero-order chi connectivity index (χ0) is 14.8. The topological polar surface area (TPSA) is 47.0 Å².